The van der Waals surface area contributed by atoms with Gasteiger partial charge in [-0.3, -0.25) is 9.69 Å². The summed E-state index contributed by atoms with van der Waals surface area (Å²) in [4.78, 5) is 21.7. The fraction of sp³-hybridized carbons (Fsp3) is 0.500. The molecule has 0 bridgehead atoms. The molecule has 1 aliphatic heterocycles. The number of likely N-dealkylation sites (N-methyl/N-ethyl adjacent to an activating group) is 1. The first-order chi connectivity index (χ1) is 14.6. The van der Waals surface area contributed by atoms with Crippen molar-refractivity contribution in [3.8, 4) is 0 Å². The molecule has 1 fully saturated rings. The molecule has 0 saturated carbocycles. The van der Waals surface area contributed by atoms with E-state index in [2.05, 4.69) is 21.9 Å². The summed E-state index contributed by atoms with van der Waals surface area (Å²) in [6, 6.07) is 9.55. The number of hydrogen-bond acceptors (Lipinski definition) is 7. The van der Waals surface area contributed by atoms with Gasteiger partial charge in [0.15, 0.2) is 5.58 Å². The minimum Gasteiger partial charge on any atom is -0.439 e. The van der Waals surface area contributed by atoms with Gasteiger partial charge in [-0.15, -0.1) is 0 Å². The predicted molar refractivity (Wildman–Crippen MR) is 116 cm³/mol. The van der Waals surface area contributed by atoms with Crippen LogP contribution < -0.4 is 10.5 Å². The van der Waals surface area contributed by atoms with Crippen LogP contribution in [0.15, 0.2) is 45.7 Å². The van der Waals surface area contributed by atoms with E-state index in [0.717, 1.165) is 42.7 Å². The molecule has 1 aliphatic rings. The van der Waals surface area contributed by atoms with E-state index in [1.54, 1.807) is 24.1 Å². The lowest BCUT2D eigenvalue weighted by Crippen LogP contribution is -2.42. The molecular formula is C22H29N5O3. The second-order valence-corrected chi connectivity index (χ2v) is 7.90. The van der Waals surface area contributed by atoms with Gasteiger partial charge in [0.1, 0.15) is 5.52 Å². The number of fused-ring (bicyclic) bond motifs is 1. The zero-order valence-electron chi connectivity index (χ0n) is 17.8. The third-order valence-corrected chi connectivity index (χ3v) is 5.87. The Morgan fingerprint density at radius 1 is 1.37 bits per heavy atom. The molecule has 3 heterocycles. The highest BCUT2D eigenvalue weighted by Gasteiger charge is 2.29. The van der Waals surface area contributed by atoms with Crippen LogP contribution in [0.4, 0.5) is 5.69 Å². The van der Waals surface area contributed by atoms with Gasteiger partial charge in [0, 0.05) is 33.3 Å². The molecule has 0 N–H and O–H groups in total. The summed E-state index contributed by atoms with van der Waals surface area (Å²) in [6.07, 6.45) is 3.70. The molecule has 2 aromatic heterocycles. The third-order valence-electron chi connectivity index (χ3n) is 5.87. The highest BCUT2D eigenvalue weighted by Crippen LogP contribution is 2.29. The van der Waals surface area contributed by atoms with Gasteiger partial charge < -0.3 is 14.1 Å². The van der Waals surface area contributed by atoms with Gasteiger partial charge in [-0.2, -0.15) is 5.10 Å². The molecule has 160 valence electrons. The van der Waals surface area contributed by atoms with Crippen molar-refractivity contribution in [1.29, 1.82) is 0 Å². The van der Waals surface area contributed by atoms with Gasteiger partial charge in [0.25, 0.3) is 5.56 Å². The van der Waals surface area contributed by atoms with Crippen molar-refractivity contribution in [2.45, 2.75) is 31.8 Å². The van der Waals surface area contributed by atoms with E-state index in [0.29, 0.717) is 19.0 Å². The summed E-state index contributed by atoms with van der Waals surface area (Å²) in [7, 11) is 3.60. The zero-order valence-corrected chi connectivity index (χ0v) is 17.8. The van der Waals surface area contributed by atoms with Gasteiger partial charge in [0.2, 0.25) is 5.89 Å². The topological polar surface area (TPSA) is 76.6 Å². The fourth-order valence-corrected chi connectivity index (χ4v) is 4.01. The monoisotopic (exact) mass is 411 g/mol. The molecule has 8 nitrogen and oxygen atoms in total. The molecule has 0 spiro atoms. The molecule has 1 saturated heterocycles. The average molecular weight is 412 g/mol. The smallest absolute Gasteiger partial charge is 0.269 e. The molecule has 0 radical (unpaired) electrons. The van der Waals surface area contributed by atoms with Crippen LogP contribution in [0.25, 0.3) is 11.1 Å². The summed E-state index contributed by atoms with van der Waals surface area (Å²) in [5.41, 5.74) is 2.41. The van der Waals surface area contributed by atoms with E-state index in [-0.39, 0.29) is 17.6 Å². The molecule has 3 aromatic rings. The van der Waals surface area contributed by atoms with Crippen LogP contribution >= 0.6 is 0 Å². The molecule has 2 unspecified atom stereocenters. The number of hydrogen-bond donors (Lipinski definition) is 0. The third kappa shape index (κ3) is 4.24. The van der Waals surface area contributed by atoms with E-state index in [1.807, 2.05) is 36.2 Å². The molecule has 4 rings (SSSR count). The maximum absolute atomic E-state index is 12.8. The number of piperidine rings is 1. The molecular weight excluding hydrogens is 382 g/mol. The van der Waals surface area contributed by atoms with Gasteiger partial charge in [0.05, 0.1) is 30.6 Å². The minimum atomic E-state index is -0.0712. The highest BCUT2D eigenvalue weighted by molar-refractivity contribution is 5.72. The quantitative estimate of drug-likeness (QED) is 0.592. The van der Waals surface area contributed by atoms with Crippen LogP contribution in [-0.2, 0) is 4.74 Å². The SMILES string of the molecule is COCCN(C)c1cnn(C2CCCN(C(C)c3nc4ccccc4o3)C2)c(=O)c1. The number of oxazole rings is 1. The number of anilines is 1. The predicted octanol–water partition coefficient (Wildman–Crippen LogP) is 2.87. The molecule has 1 aromatic carbocycles. The lowest BCUT2D eigenvalue weighted by molar-refractivity contribution is 0.113. The van der Waals surface area contributed by atoms with E-state index in [9.17, 15) is 4.79 Å². The second kappa shape index (κ2) is 8.97. The fourth-order valence-electron chi connectivity index (χ4n) is 4.01. The normalized spacial score (nSPS) is 18.6. The van der Waals surface area contributed by atoms with Crippen LogP contribution in [-0.4, -0.2) is 60.1 Å². The number of methoxy groups -OCH3 is 1. The van der Waals surface area contributed by atoms with Crippen molar-refractivity contribution in [1.82, 2.24) is 19.7 Å². The molecule has 30 heavy (non-hydrogen) atoms. The molecule has 0 amide bonds. The van der Waals surface area contributed by atoms with Crippen LogP contribution in [0.5, 0.6) is 0 Å². The number of ether oxygens (including phenoxy) is 1. The number of likely N-dealkylation sites (tertiary alicyclic amines) is 1. The first-order valence-electron chi connectivity index (χ1n) is 10.5. The second-order valence-electron chi connectivity index (χ2n) is 7.90. The first kappa shape index (κ1) is 20.6. The Labute approximate surface area is 176 Å². The summed E-state index contributed by atoms with van der Waals surface area (Å²) in [5.74, 6) is 0.715. The van der Waals surface area contributed by atoms with E-state index < -0.39 is 0 Å². The standard InChI is InChI=1S/C22H29N5O3/c1-16(22-24-19-8-4-5-9-20(19)30-22)26-10-6-7-17(15-26)27-21(28)13-18(14-23-27)25(2)11-12-29-3/h4-5,8-9,13-14,16-17H,6-7,10-12,15H2,1-3H3. The lowest BCUT2D eigenvalue weighted by Gasteiger charge is -2.35. The number of benzene rings is 1. The van der Waals surface area contributed by atoms with Crippen LogP contribution in [0.3, 0.4) is 0 Å². The summed E-state index contributed by atoms with van der Waals surface area (Å²) < 4.78 is 12.7. The Morgan fingerprint density at radius 2 is 2.20 bits per heavy atom. The van der Waals surface area contributed by atoms with Gasteiger partial charge >= 0.3 is 0 Å². The Kier molecular flexibility index (Phi) is 6.15. The van der Waals surface area contributed by atoms with Crippen molar-refractivity contribution in [2.24, 2.45) is 0 Å². The van der Waals surface area contributed by atoms with Crippen molar-refractivity contribution in [3.63, 3.8) is 0 Å². The number of nitrogens with zero attached hydrogens (tertiary/aromatic N) is 5. The van der Waals surface area contributed by atoms with E-state index in [4.69, 9.17) is 9.15 Å². The van der Waals surface area contributed by atoms with Crippen molar-refractivity contribution >= 4 is 16.8 Å². The number of rotatable bonds is 7. The summed E-state index contributed by atoms with van der Waals surface area (Å²) in [5, 5.41) is 4.49. The Bertz CT molecular complexity index is 1010. The summed E-state index contributed by atoms with van der Waals surface area (Å²) >= 11 is 0. The van der Waals surface area contributed by atoms with E-state index in [1.165, 1.54) is 0 Å². The first-order valence-corrected chi connectivity index (χ1v) is 10.5. The van der Waals surface area contributed by atoms with Crippen molar-refractivity contribution < 1.29 is 9.15 Å². The molecule has 2 atom stereocenters. The molecule has 8 heteroatoms. The maximum atomic E-state index is 12.8. The highest BCUT2D eigenvalue weighted by atomic mass is 16.5. The lowest BCUT2D eigenvalue weighted by atomic mass is 10.0. The van der Waals surface area contributed by atoms with Crippen molar-refractivity contribution in [3.05, 3.63) is 52.8 Å². The average Bonchev–Trinajstić information content (AvgIpc) is 3.21. The molecule has 0 aliphatic carbocycles. The van der Waals surface area contributed by atoms with Crippen LogP contribution in [0.2, 0.25) is 0 Å². The maximum Gasteiger partial charge on any atom is 0.269 e. The Morgan fingerprint density at radius 3 is 2.97 bits per heavy atom. The van der Waals surface area contributed by atoms with Crippen LogP contribution in [0, 0.1) is 0 Å². The largest absolute Gasteiger partial charge is 0.439 e. The zero-order chi connectivity index (χ0) is 21.1. The van der Waals surface area contributed by atoms with Gasteiger partial charge in [-0.05, 0) is 38.4 Å². The van der Waals surface area contributed by atoms with Crippen molar-refractivity contribution in [2.75, 3.05) is 45.3 Å². The Hall–Kier alpha value is -2.71. The Balaban J connectivity index is 1.48. The van der Waals surface area contributed by atoms with Gasteiger partial charge in [-0.25, -0.2) is 9.67 Å². The number of para-hydroxylation sites is 2. The minimum absolute atomic E-state index is 0.0374. The summed E-state index contributed by atoms with van der Waals surface area (Å²) in [6.45, 7) is 5.11. The number of aromatic nitrogens is 3. The van der Waals surface area contributed by atoms with E-state index >= 15 is 0 Å². The van der Waals surface area contributed by atoms with Crippen LogP contribution in [0.1, 0.15) is 37.7 Å². The van der Waals surface area contributed by atoms with Gasteiger partial charge in [-0.1, -0.05) is 12.1 Å².